The van der Waals surface area contributed by atoms with E-state index >= 15 is 0 Å². The Hall–Kier alpha value is -0.0300. The van der Waals surface area contributed by atoms with E-state index in [1.54, 1.807) is 11.3 Å². The number of nitrogens with one attached hydrogen (secondary N) is 1. The van der Waals surface area contributed by atoms with Crippen molar-refractivity contribution in [3.05, 3.63) is 35.2 Å². The average Bonchev–Trinajstić information content (AvgIpc) is 2.83. The summed E-state index contributed by atoms with van der Waals surface area (Å²) in [6, 6.07) is 7.67. The number of alkyl halides is 3. The van der Waals surface area contributed by atoms with Crippen LogP contribution in [0.25, 0.3) is 10.1 Å². The number of benzene rings is 1. The van der Waals surface area contributed by atoms with Crippen LogP contribution < -0.4 is 5.32 Å². The Labute approximate surface area is 137 Å². The van der Waals surface area contributed by atoms with Gasteiger partial charge in [0, 0.05) is 17.2 Å². The van der Waals surface area contributed by atoms with E-state index in [-0.39, 0.29) is 12.5 Å². The SMILES string of the molecule is CCNC(CC(Cl)(Cl)Cl)C(O)c1ccc2ccsc2c1. The second kappa shape index (κ2) is 6.82. The van der Waals surface area contributed by atoms with Gasteiger partial charge in [0.15, 0.2) is 3.79 Å². The molecule has 0 saturated carbocycles. The van der Waals surface area contributed by atoms with Crippen LogP contribution in [-0.4, -0.2) is 21.5 Å². The molecule has 1 aromatic carbocycles. The summed E-state index contributed by atoms with van der Waals surface area (Å²) in [4.78, 5) is 0. The predicted molar refractivity (Wildman–Crippen MR) is 89.2 cm³/mol. The first-order valence-corrected chi connectivity index (χ1v) is 8.37. The summed E-state index contributed by atoms with van der Waals surface area (Å²) in [7, 11) is 0. The number of halogens is 3. The van der Waals surface area contributed by atoms with Crippen LogP contribution in [0, 0.1) is 0 Å². The molecule has 0 fully saturated rings. The number of aliphatic hydroxyl groups excluding tert-OH is 1. The zero-order chi connectivity index (χ0) is 14.8. The number of aliphatic hydroxyl groups is 1. The summed E-state index contributed by atoms with van der Waals surface area (Å²) < 4.78 is -0.244. The summed E-state index contributed by atoms with van der Waals surface area (Å²) >= 11 is 19.2. The molecule has 1 heterocycles. The third-order valence-electron chi connectivity index (χ3n) is 3.12. The molecule has 2 atom stereocenters. The van der Waals surface area contributed by atoms with Crippen molar-refractivity contribution in [2.45, 2.75) is 29.3 Å². The molecule has 0 saturated heterocycles. The fraction of sp³-hybridized carbons (Fsp3) is 0.429. The summed E-state index contributed by atoms with van der Waals surface area (Å²) in [6.45, 7) is 2.66. The molecule has 2 nitrogen and oxygen atoms in total. The number of likely N-dealkylation sites (N-methyl/N-ethyl adjacent to an activating group) is 1. The highest BCUT2D eigenvalue weighted by Crippen LogP contribution is 2.35. The van der Waals surface area contributed by atoms with Crippen molar-refractivity contribution in [3.8, 4) is 0 Å². The summed E-state index contributed by atoms with van der Waals surface area (Å²) in [5.74, 6) is 0. The standard InChI is InChI=1S/C14H16Cl3NOS/c1-2-18-11(8-14(15,16)17)13(19)10-4-3-9-5-6-20-12(9)7-10/h3-7,11,13,18-19H,2,8H2,1H3. The van der Waals surface area contributed by atoms with Crippen molar-refractivity contribution in [1.29, 1.82) is 0 Å². The molecular formula is C14H16Cl3NOS. The minimum atomic E-state index is -1.39. The first-order valence-electron chi connectivity index (χ1n) is 6.36. The molecule has 0 bridgehead atoms. The van der Waals surface area contributed by atoms with Gasteiger partial charge < -0.3 is 10.4 Å². The lowest BCUT2D eigenvalue weighted by atomic mass is 9.99. The van der Waals surface area contributed by atoms with Crippen molar-refractivity contribution >= 4 is 56.2 Å². The van der Waals surface area contributed by atoms with E-state index in [1.807, 2.05) is 30.5 Å². The van der Waals surface area contributed by atoms with Gasteiger partial charge in [0.2, 0.25) is 0 Å². The lowest BCUT2D eigenvalue weighted by Crippen LogP contribution is -2.38. The van der Waals surface area contributed by atoms with E-state index in [0.717, 1.165) is 10.3 Å². The molecule has 0 aliphatic carbocycles. The quantitative estimate of drug-likeness (QED) is 0.766. The lowest BCUT2D eigenvalue weighted by Gasteiger charge is -2.27. The maximum absolute atomic E-state index is 10.5. The van der Waals surface area contributed by atoms with Gasteiger partial charge in [0.05, 0.1) is 6.10 Å². The molecule has 0 spiro atoms. The average molecular weight is 353 g/mol. The van der Waals surface area contributed by atoms with E-state index in [2.05, 4.69) is 11.4 Å². The number of thiophene rings is 1. The van der Waals surface area contributed by atoms with E-state index in [4.69, 9.17) is 34.8 Å². The van der Waals surface area contributed by atoms with Crippen molar-refractivity contribution in [1.82, 2.24) is 5.32 Å². The highest BCUT2D eigenvalue weighted by Gasteiger charge is 2.30. The monoisotopic (exact) mass is 351 g/mol. The fourth-order valence-corrected chi connectivity index (χ4v) is 3.53. The Balaban J connectivity index is 2.22. The van der Waals surface area contributed by atoms with Crippen molar-refractivity contribution in [3.63, 3.8) is 0 Å². The van der Waals surface area contributed by atoms with Crippen LogP contribution in [0.1, 0.15) is 25.0 Å². The molecule has 0 aliphatic heterocycles. The smallest absolute Gasteiger partial charge is 0.192 e. The Kier molecular flexibility index (Phi) is 5.57. The third-order valence-corrected chi connectivity index (χ3v) is 4.46. The largest absolute Gasteiger partial charge is 0.387 e. The van der Waals surface area contributed by atoms with Crippen LogP contribution in [0.2, 0.25) is 0 Å². The van der Waals surface area contributed by atoms with Crippen LogP contribution in [0.5, 0.6) is 0 Å². The molecule has 110 valence electrons. The summed E-state index contributed by atoms with van der Waals surface area (Å²) in [6.07, 6.45) is -0.466. The van der Waals surface area contributed by atoms with Gasteiger partial charge in [-0.25, -0.2) is 0 Å². The van der Waals surface area contributed by atoms with Gasteiger partial charge in [-0.15, -0.1) is 11.3 Å². The Bertz CT molecular complexity index is 567. The Morgan fingerprint density at radius 3 is 2.70 bits per heavy atom. The normalized spacial score (nSPS) is 15.4. The van der Waals surface area contributed by atoms with Gasteiger partial charge >= 0.3 is 0 Å². The molecule has 20 heavy (non-hydrogen) atoms. The molecule has 0 aliphatic rings. The first kappa shape index (κ1) is 16.3. The van der Waals surface area contributed by atoms with Gasteiger partial charge in [-0.3, -0.25) is 0 Å². The maximum Gasteiger partial charge on any atom is 0.192 e. The minimum absolute atomic E-state index is 0.245. The Morgan fingerprint density at radius 1 is 1.30 bits per heavy atom. The third kappa shape index (κ3) is 4.23. The molecule has 2 unspecified atom stereocenters. The van der Waals surface area contributed by atoms with Crippen LogP contribution in [-0.2, 0) is 0 Å². The molecular weight excluding hydrogens is 337 g/mol. The van der Waals surface area contributed by atoms with E-state index in [9.17, 15) is 5.11 Å². The van der Waals surface area contributed by atoms with Crippen molar-refractivity contribution in [2.24, 2.45) is 0 Å². The molecule has 0 radical (unpaired) electrons. The van der Waals surface area contributed by atoms with Gasteiger partial charge in [-0.2, -0.15) is 0 Å². The van der Waals surface area contributed by atoms with Gasteiger partial charge in [0.1, 0.15) is 0 Å². The number of hydrogen-bond donors (Lipinski definition) is 2. The van der Waals surface area contributed by atoms with Gasteiger partial charge in [-0.05, 0) is 35.0 Å². The fourth-order valence-electron chi connectivity index (χ4n) is 2.19. The van der Waals surface area contributed by atoms with Crippen LogP contribution in [0.4, 0.5) is 0 Å². The molecule has 2 N–H and O–H groups in total. The van der Waals surface area contributed by atoms with E-state index in [1.165, 1.54) is 5.39 Å². The van der Waals surface area contributed by atoms with Crippen molar-refractivity contribution < 1.29 is 5.11 Å². The Morgan fingerprint density at radius 2 is 2.05 bits per heavy atom. The van der Waals surface area contributed by atoms with Crippen LogP contribution in [0.3, 0.4) is 0 Å². The highest BCUT2D eigenvalue weighted by atomic mass is 35.6. The molecule has 1 aromatic heterocycles. The zero-order valence-corrected chi connectivity index (χ0v) is 14.0. The first-order chi connectivity index (χ1) is 9.40. The molecule has 2 aromatic rings. The minimum Gasteiger partial charge on any atom is -0.387 e. The lowest BCUT2D eigenvalue weighted by molar-refractivity contribution is 0.125. The van der Waals surface area contributed by atoms with Gasteiger partial charge in [0.25, 0.3) is 0 Å². The van der Waals surface area contributed by atoms with Crippen molar-refractivity contribution in [2.75, 3.05) is 6.54 Å². The van der Waals surface area contributed by atoms with E-state index < -0.39 is 9.90 Å². The predicted octanol–water partition coefficient (Wildman–Crippen LogP) is 4.67. The van der Waals surface area contributed by atoms with Crippen LogP contribution in [0.15, 0.2) is 29.6 Å². The molecule has 2 rings (SSSR count). The molecule has 6 heteroatoms. The van der Waals surface area contributed by atoms with Crippen LogP contribution >= 0.6 is 46.1 Å². The highest BCUT2D eigenvalue weighted by molar-refractivity contribution is 7.17. The topological polar surface area (TPSA) is 32.3 Å². The van der Waals surface area contributed by atoms with Gasteiger partial charge in [-0.1, -0.05) is 53.9 Å². The van der Waals surface area contributed by atoms with E-state index in [0.29, 0.717) is 6.54 Å². The summed E-state index contributed by atoms with van der Waals surface area (Å²) in [5, 5.41) is 16.9. The molecule has 0 amide bonds. The second-order valence-electron chi connectivity index (χ2n) is 4.65. The number of hydrogen-bond acceptors (Lipinski definition) is 3. The number of rotatable bonds is 5. The zero-order valence-electron chi connectivity index (χ0n) is 10.9. The maximum atomic E-state index is 10.5. The number of fused-ring (bicyclic) bond motifs is 1. The second-order valence-corrected chi connectivity index (χ2v) is 8.11. The summed E-state index contributed by atoms with van der Waals surface area (Å²) in [5.41, 5.74) is 0.833.